The summed E-state index contributed by atoms with van der Waals surface area (Å²) in [7, 11) is 0. The number of ketones is 1. The number of hydrogen-bond donors (Lipinski definition) is 0. The first kappa shape index (κ1) is 22.6. The molecule has 0 aliphatic carbocycles. The Labute approximate surface area is 192 Å². The van der Waals surface area contributed by atoms with Crippen LogP contribution in [0.15, 0.2) is 70.7 Å². The second-order valence-corrected chi connectivity index (χ2v) is 8.28. The highest BCUT2D eigenvalue weighted by molar-refractivity contribution is 7.99. The maximum absolute atomic E-state index is 13.3. The topological polar surface area (TPSA) is 74.1 Å². The highest BCUT2D eigenvalue weighted by atomic mass is 32.2. The van der Waals surface area contributed by atoms with Crippen molar-refractivity contribution < 1.29 is 18.3 Å². The molecule has 9 heteroatoms. The van der Waals surface area contributed by atoms with Crippen molar-refractivity contribution in [2.45, 2.75) is 25.6 Å². The molecule has 33 heavy (non-hydrogen) atoms. The minimum absolute atomic E-state index is 0.0472. The molecule has 6 nitrogen and oxygen atoms in total. The number of aromatic nitrogens is 3. The molecule has 0 aliphatic heterocycles. The Balaban J connectivity index is 1.73. The minimum Gasteiger partial charge on any atom is -0.434 e. The number of benzene rings is 2. The summed E-state index contributed by atoms with van der Waals surface area (Å²) < 4.78 is 31.4. The van der Waals surface area contributed by atoms with Gasteiger partial charge in [-0.2, -0.15) is 8.78 Å². The smallest absolute Gasteiger partial charge is 0.387 e. The number of para-hydroxylation sites is 1. The van der Waals surface area contributed by atoms with Crippen LogP contribution in [0, 0.1) is 13.8 Å². The lowest BCUT2D eigenvalue weighted by Gasteiger charge is -2.13. The Bertz CT molecular complexity index is 1390. The number of alkyl halides is 2. The zero-order valence-electron chi connectivity index (χ0n) is 17.8. The van der Waals surface area contributed by atoms with E-state index in [1.807, 2.05) is 13.0 Å². The monoisotopic (exact) mass is 467 g/mol. The molecule has 0 fully saturated rings. The van der Waals surface area contributed by atoms with Gasteiger partial charge in [-0.05, 0) is 49.7 Å². The van der Waals surface area contributed by atoms with Gasteiger partial charge >= 0.3 is 6.61 Å². The zero-order chi connectivity index (χ0) is 23.5. The van der Waals surface area contributed by atoms with E-state index >= 15 is 0 Å². The average molecular weight is 467 g/mol. The number of ether oxygens (including phenoxy) is 1. The number of aryl methyl sites for hydroxylation is 2. The van der Waals surface area contributed by atoms with Gasteiger partial charge in [0.2, 0.25) is 0 Å². The number of carbonyl (C=O) groups is 1. The maximum Gasteiger partial charge on any atom is 0.387 e. The Kier molecular flexibility index (Phi) is 6.50. The second-order valence-electron chi connectivity index (χ2n) is 7.34. The molecule has 0 spiro atoms. The molecule has 0 radical (unpaired) electrons. The van der Waals surface area contributed by atoms with E-state index < -0.39 is 12.4 Å². The summed E-state index contributed by atoms with van der Waals surface area (Å²) in [5.74, 6) is -0.383. The van der Waals surface area contributed by atoms with Crippen LogP contribution in [0.25, 0.3) is 16.7 Å². The van der Waals surface area contributed by atoms with Crippen molar-refractivity contribution in [3.05, 3.63) is 87.8 Å². The van der Waals surface area contributed by atoms with E-state index in [1.165, 1.54) is 16.7 Å². The third kappa shape index (κ3) is 4.93. The Morgan fingerprint density at radius 3 is 2.58 bits per heavy atom. The number of hydrogen-bond acceptors (Lipinski definition) is 6. The molecule has 0 aliphatic rings. The first-order valence-electron chi connectivity index (χ1n) is 10.00. The SMILES string of the molecule is Cc1ccc(-n2c(SCC(=O)c3cc(C)ccc3OC(F)F)nc3ccccc3c2=O)nc1. The number of rotatable bonds is 7. The van der Waals surface area contributed by atoms with Gasteiger partial charge < -0.3 is 4.74 Å². The van der Waals surface area contributed by atoms with Crippen molar-refractivity contribution in [1.29, 1.82) is 0 Å². The summed E-state index contributed by atoms with van der Waals surface area (Å²) in [5, 5.41) is 0.689. The van der Waals surface area contributed by atoms with Crippen LogP contribution in [0.2, 0.25) is 0 Å². The zero-order valence-corrected chi connectivity index (χ0v) is 18.6. The van der Waals surface area contributed by atoms with Crippen LogP contribution in [0.5, 0.6) is 5.75 Å². The molecule has 2 aromatic heterocycles. The predicted octanol–water partition coefficient (Wildman–Crippen LogP) is 4.97. The highest BCUT2D eigenvalue weighted by Gasteiger charge is 2.19. The Morgan fingerprint density at radius 1 is 1.09 bits per heavy atom. The molecule has 0 atom stereocenters. The molecule has 0 saturated heterocycles. The maximum atomic E-state index is 13.3. The van der Waals surface area contributed by atoms with Gasteiger partial charge in [0.1, 0.15) is 11.6 Å². The summed E-state index contributed by atoms with van der Waals surface area (Å²) in [5.41, 5.74) is 1.87. The van der Waals surface area contributed by atoms with Gasteiger partial charge in [0.15, 0.2) is 10.9 Å². The van der Waals surface area contributed by atoms with Crippen LogP contribution >= 0.6 is 11.8 Å². The molecule has 168 valence electrons. The molecule has 2 aromatic carbocycles. The summed E-state index contributed by atoms with van der Waals surface area (Å²) in [6, 6.07) is 14.9. The molecule has 0 saturated carbocycles. The fraction of sp³-hybridized carbons (Fsp3) is 0.167. The minimum atomic E-state index is -3.05. The highest BCUT2D eigenvalue weighted by Crippen LogP contribution is 2.26. The van der Waals surface area contributed by atoms with Crippen molar-refractivity contribution in [2.24, 2.45) is 0 Å². The second kappa shape index (κ2) is 9.50. The molecule has 0 bridgehead atoms. The molecule has 2 heterocycles. The van der Waals surface area contributed by atoms with Crippen molar-refractivity contribution in [1.82, 2.24) is 14.5 Å². The van der Waals surface area contributed by atoms with Gasteiger partial charge in [-0.1, -0.05) is 41.6 Å². The molecule has 0 amide bonds. The first-order valence-corrected chi connectivity index (χ1v) is 11.0. The van der Waals surface area contributed by atoms with Gasteiger partial charge in [0, 0.05) is 6.20 Å². The van der Waals surface area contributed by atoms with Crippen LogP contribution in [0.1, 0.15) is 21.5 Å². The average Bonchev–Trinajstić information content (AvgIpc) is 2.79. The summed E-state index contributed by atoms with van der Waals surface area (Å²) in [6.07, 6.45) is 1.64. The van der Waals surface area contributed by atoms with Crippen molar-refractivity contribution in [2.75, 3.05) is 5.75 Å². The van der Waals surface area contributed by atoms with Crippen molar-refractivity contribution in [3.63, 3.8) is 0 Å². The van der Waals surface area contributed by atoms with Gasteiger partial charge in [0.05, 0.1) is 22.2 Å². The Hall–Kier alpha value is -3.59. The molecular weight excluding hydrogens is 448 g/mol. The number of Topliss-reactive ketones (excluding diaryl/α,β-unsaturated/α-hetero) is 1. The van der Waals surface area contributed by atoms with E-state index in [9.17, 15) is 18.4 Å². The predicted molar refractivity (Wildman–Crippen MR) is 123 cm³/mol. The quantitative estimate of drug-likeness (QED) is 0.217. The fourth-order valence-corrected chi connectivity index (χ4v) is 4.16. The van der Waals surface area contributed by atoms with Crippen LogP contribution in [-0.2, 0) is 0 Å². The summed E-state index contributed by atoms with van der Waals surface area (Å²) in [6.45, 7) is 0.585. The van der Waals surface area contributed by atoms with Crippen LogP contribution < -0.4 is 10.3 Å². The fourth-order valence-electron chi connectivity index (χ4n) is 3.27. The number of fused-ring (bicyclic) bond motifs is 1. The van der Waals surface area contributed by atoms with Gasteiger partial charge in [0.25, 0.3) is 5.56 Å². The molecule has 0 N–H and O–H groups in total. The van der Waals surface area contributed by atoms with Crippen LogP contribution in [0.4, 0.5) is 8.78 Å². The van der Waals surface area contributed by atoms with E-state index in [1.54, 1.807) is 49.5 Å². The lowest BCUT2D eigenvalue weighted by Crippen LogP contribution is -2.23. The van der Waals surface area contributed by atoms with Crippen molar-refractivity contribution in [3.8, 4) is 11.6 Å². The number of nitrogens with zero attached hydrogens (tertiary/aromatic N) is 3. The van der Waals surface area contributed by atoms with E-state index in [2.05, 4.69) is 14.7 Å². The largest absolute Gasteiger partial charge is 0.434 e. The molecular formula is C24H19F2N3O3S. The summed E-state index contributed by atoms with van der Waals surface area (Å²) >= 11 is 1.03. The lowest BCUT2D eigenvalue weighted by atomic mass is 10.1. The first-order chi connectivity index (χ1) is 15.8. The standard InChI is InChI=1S/C24H19F2N3O3S/c1-14-7-9-20(32-23(25)26)17(11-14)19(30)13-33-24-28-18-6-4-3-5-16(18)22(31)29(24)21-10-8-15(2)12-27-21/h3-12,23H,13H2,1-2H3. The van der Waals surface area contributed by atoms with Crippen LogP contribution in [-0.4, -0.2) is 32.7 Å². The van der Waals surface area contributed by atoms with Gasteiger partial charge in [-0.25, -0.2) is 14.5 Å². The van der Waals surface area contributed by atoms with E-state index in [0.29, 0.717) is 16.7 Å². The number of halogens is 2. The normalized spacial score (nSPS) is 11.2. The van der Waals surface area contributed by atoms with Gasteiger partial charge in [-0.15, -0.1) is 0 Å². The van der Waals surface area contributed by atoms with E-state index in [0.717, 1.165) is 22.9 Å². The summed E-state index contributed by atoms with van der Waals surface area (Å²) in [4.78, 5) is 35.1. The third-order valence-electron chi connectivity index (χ3n) is 4.85. The number of carbonyl (C=O) groups excluding carboxylic acids is 1. The van der Waals surface area contributed by atoms with Crippen molar-refractivity contribution >= 4 is 28.4 Å². The number of pyridine rings is 1. The Morgan fingerprint density at radius 2 is 1.85 bits per heavy atom. The molecule has 0 unspecified atom stereocenters. The molecule has 4 rings (SSSR count). The van der Waals surface area contributed by atoms with E-state index in [-0.39, 0.29) is 27.8 Å². The molecule has 4 aromatic rings. The number of thioether (sulfide) groups is 1. The van der Waals surface area contributed by atoms with E-state index in [4.69, 9.17) is 0 Å². The van der Waals surface area contributed by atoms with Gasteiger partial charge in [-0.3, -0.25) is 9.59 Å². The lowest BCUT2D eigenvalue weighted by molar-refractivity contribution is -0.0501. The third-order valence-corrected chi connectivity index (χ3v) is 5.79. The van der Waals surface area contributed by atoms with Crippen LogP contribution in [0.3, 0.4) is 0 Å².